The lowest BCUT2D eigenvalue weighted by Crippen LogP contribution is -2.07. The number of benzene rings is 1. The molecule has 0 aliphatic heterocycles. The number of fused-ring (bicyclic) bond motifs is 1. The molecule has 1 N–H and O–H groups in total. The van der Waals surface area contributed by atoms with Crippen LogP contribution < -0.4 is 10.1 Å². The average Bonchev–Trinajstić information content (AvgIpc) is 3.06. The Morgan fingerprint density at radius 1 is 1.38 bits per heavy atom. The Kier molecular flexibility index (Phi) is 3.84. The number of para-hydroxylation sites is 1. The summed E-state index contributed by atoms with van der Waals surface area (Å²) in [7, 11) is 1.67. The summed E-state index contributed by atoms with van der Waals surface area (Å²) in [5.41, 5.74) is 4.87. The Hall–Kier alpha value is -2.01. The topological polar surface area (TPSA) is 38.6 Å². The Bertz CT molecular complexity index is 760. The van der Waals surface area contributed by atoms with Gasteiger partial charge in [0.25, 0.3) is 0 Å². The molecule has 0 bridgehead atoms. The van der Waals surface area contributed by atoms with Crippen molar-refractivity contribution in [3.8, 4) is 5.88 Å². The first-order valence-corrected chi connectivity index (χ1v) is 7.93. The molecule has 0 spiro atoms. The van der Waals surface area contributed by atoms with Crippen LogP contribution in [0.4, 0.5) is 5.69 Å². The number of rotatable bonds is 5. The maximum absolute atomic E-state index is 5.40. The van der Waals surface area contributed by atoms with Crippen LogP contribution in [0.1, 0.15) is 23.7 Å². The van der Waals surface area contributed by atoms with Crippen molar-refractivity contribution in [2.75, 3.05) is 12.4 Å². The van der Waals surface area contributed by atoms with Crippen molar-refractivity contribution in [1.29, 1.82) is 0 Å². The minimum Gasteiger partial charge on any atom is -0.480 e. The van der Waals surface area contributed by atoms with E-state index in [0.29, 0.717) is 12.4 Å². The van der Waals surface area contributed by atoms with Gasteiger partial charge in [0.1, 0.15) is 5.69 Å². The Morgan fingerprint density at radius 2 is 2.24 bits per heavy atom. The molecule has 0 saturated heterocycles. The number of thiazole rings is 1. The molecule has 3 aromatic rings. The highest BCUT2D eigenvalue weighted by molar-refractivity contribution is 7.15. The summed E-state index contributed by atoms with van der Waals surface area (Å²) in [6, 6.07) is 6.41. The molecule has 0 radical (unpaired) electrons. The SMILES string of the molecule is CCc1cccc(C)c1NCc1c(OC)nc2sccn12. The molecular weight excluding hydrogens is 282 g/mol. The van der Waals surface area contributed by atoms with Gasteiger partial charge in [-0.15, -0.1) is 11.3 Å². The fourth-order valence-electron chi connectivity index (χ4n) is 2.59. The van der Waals surface area contributed by atoms with Gasteiger partial charge in [-0.25, -0.2) is 0 Å². The van der Waals surface area contributed by atoms with E-state index in [0.717, 1.165) is 17.1 Å². The summed E-state index contributed by atoms with van der Waals surface area (Å²) < 4.78 is 7.48. The first kappa shape index (κ1) is 13.9. The summed E-state index contributed by atoms with van der Waals surface area (Å²) in [6.45, 7) is 5.00. The van der Waals surface area contributed by atoms with Gasteiger partial charge >= 0.3 is 0 Å². The van der Waals surface area contributed by atoms with Crippen LogP contribution in [0.15, 0.2) is 29.8 Å². The number of hydrogen-bond donors (Lipinski definition) is 1. The van der Waals surface area contributed by atoms with Gasteiger partial charge in [-0.05, 0) is 24.5 Å². The highest BCUT2D eigenvalue weighted by Gasteiger charge is 2.14. The van der Waals surface area contributed by atoms with Gasteiger partial charge in [-0.3, -0.25) is 4.40 Å². The van der Waals surface area contributed by atoms with E-state index in [1.807, 2.05) is 11.6 Å². The van der Waals surface area contributed by atoms with Crippen LogP contribution in [0.5, 0.6) is 5.88 Å². The fourth-order valence-corrected chi connectivity index (χ4v) is 3.31. The first-order valence-electron chi connectivity index (χ1n) is 7.05. The van der Waals surface area contributed by atoms with E-state index in [1.165, 1.54) is 16.8 Å². The second-order valence-electron chi connectivity index (χ2n) is 4.94. The van der Waals surface area contributed by atoms with Crippen molar-refractivity contribution in [2.45, 2.75) is 26.8 Å². The molecule has 2 aromatic heterocycles. The van der Waals surface area contributed by atoms with Crippen LogP contribution in [-0.4, -0.2) is 16.5 Å². The van der Waals surface area contributed by atoms with Crippen molar-refractivity contribution >= 4 is 22.0 Å². The Morgan fingerprint density at radius 3 is 3.00 bits per heavy atom. The smallest absolute Gasteiger partial charge is 0.238 e. The van der Waals surface area contributed by atoms with Gasteiger partial charge in [0.05, 0.1) is 13.7 Å². The van der Waals surface area contributed by atoms with E-state index in [9.17, 15) is 0 Å². The van der Waals surface area contributed by atoms with E-state index < -0.39 is 0 Å². The highest BCUT2D eigenvalue weighted by atomic mass is 32.1. The molecule has 3 rings (SSSR count). The third kappa shape index (κ3) is 2.49. The molecule has 0 atom stereocenters. The van der Waals surface area contributed by atoms with E-state index in [2.05, 4.69) is 46.7 Å². The Labute approximate surface area is 128 Å². The molecule has 5 heteroatoms. The van der Waals surface area contributed by atoms with Crippen LogP contribution in [0.2, 0.25) is 0 Å². The molecule has 0 unspecified atom stereocenters. The predicted molar refractivity (Wildman–Crippen MR) is 87.5 cm³/mol. The number of imidazole rings is 1. The molecular formula is C16H19N3OS. The Balaban J connectivity index is 1.91. The number of methoxy groups -OCH3 is 1. The third-order valence-electron chi connectivity index (χ3n) is 3.69. The summed E-state index contributed by atoms with van der Waals surface area (Å²) in [5, 5.41) is 5.59. The summed E-state index contributed by atoms with van der Waals surface area (Å²) >= 11 is 1.61. The maximum atomic E-state index is 5.40. The normalized spacial score (nSPS) is 11.0. The van der Waals surface area contributed by atoms with Crippen LogP contribution >= 0.6 is 11.3 Å². The lowest BCUT2D eigenvalue weighted by atomic mass is 10.1. The summed E-state index contributed by atoms with van der Waals surface area (Å²) in [6.07, 6.45) is 3.05. The average molecular weight is 301 g/mol. The summed E-state index contributed by atoms with van der Waals surface area (Å²) in [4.78, 5) is 5.45. The molecule has 110 valence electrons. The van der Waals surface area contributed by atoms with E-state index in [1.54, 1.807) is 18.4 Å². The zero-order valence-electron chi connectivity index (χ0n) is 12.5. The standard InChI is InChI=1S/C16H19N3OS/c1-4-12-7-5-6-11(2)14(12)17-10-13-15(20-3)18-16-19(13)8-9-21-16/h5-9,17H,4,10H2,1-3H3. The molecule has 0 aliphatic rings. The van der Waals surface area contributed by atoms with Crippen molar-refractivity contribution in [3.05, 3.63) is 46.6 Å². The van der Waals surface area contributed by atoms with Crippen molar-refractivity contribution < 1.29 is 4.74 Å². The molecule has 21 heavy (non-hydrogen) atoms. The quantitative estimate of drug-likeness (QED) is 0.777. The molecule has 0 amide bonds. The third-order valence-corrected chi connectivity index (χ3v) is 4.45. The van der Waals surface area contributed by atoms with Gasteiger partial charge in [-0.2, -0.15) is 4.98 Å². The molecule has 0 aliphatic carbocycles. The van der Waals surface area contributed by atoms with Crippen LogP contribution in [-0.2, 0) is 13.0 Å². The number of aryl methyl sites for hydroxylation is 2. The molecule has 0 saturated carbocycles. The molecule has 0 fully saturated rings. The monoisotopic (exact) mass is 301 g/mol. The summed E-state index contributed by atoms with van der Waals surface area (Å²) in [5.74, 6) is 0.695. The lowest BCUT2D eigenvalue weighted by Gasteiger charge is -2.14. The van der Waals surface area contributed by atoms with Gasteiger partial charge in [0.2, 0.25) is 5.88 Å². The van der Waals surface area contributed by atoms with Gasteiger partial charge in [-0.1, -0.05) is 25.1 Å². The minimum absolute atomic E-state index is 0.693. The van der Waals surface area contributed by atoms with Crippen molar-refractivity contribution in [3.63, 3.8) is 0 Å². The second kappa shape index (κ2) is 5.77. The number of ether oxygens (including phenoxy) is 1. The van der Waals surface area contributed by atoms with Crippen molar-refractivity contribution in [1.82, 2.24) is 9.38 Å². The molecule has 4 nitrogen and oxygen atoms in total. The van der Waals surface area contributed by atoms with E-state index >= 15 is 0 Å². The number of aromatic nitrogens is 2. The second-order valence-corrected chi connectivity index (χ2v) is 5.81. The minimum atomic E-state index is 0.693. The maximum Gasteiger partial charge on any atom is 0.238 e. The number of hydrogen-bond acceptors (Lipinski definition) is 4. The number of anilines is 1. The largest absolute Gasteiger partial charge is 0.480 e. The van der Waals surface area contributed by atoms with Crippen molar-refractivity contribution in [2.24, 2.45) is 0 Å². The first-order chi connectivity index (χ1) is 10.2. The molecule has 1 aromatic carbocycles. The highest BCUT2D eigenvalue weighted by Crippen LogP contribution is 2.26. The van der Waals surface area contributed by atoms with Gasteiger partial charge < -0.3 is 10.1 Å². The lowest BCUT2D eigenvalue weighted by molar-refractivity contribution is 0.395. The zero-order chi connectivity index (χ0) is 14.8. The number of nitrogens with zero attached hydrogens (tertiary/aromatic N) is 2. The van der Waals surface area contributed by atoms with Crippen LogP contribution in [0.25, 0.3) is 4.96 Å². The van der Waals surface area contributed by atoms with E-state index in [4.69, 9.17) is 4.74 Å². The predicted octanol–water partition coefficient (Wildman–Crippen LogP) is 3.89. The van der Waals surface area contributed by atoms with Crippen LogP contribution in [0, 0.1) is 6.92 Å². The number of nitrogens with one attached hydrogen (secondary N) is 1. The van der Waals surface area contributed by atoms with Gasteiger partial charge in [0.15, 0.2) is 4.96 Å². The van der Waals surface area contributed by atoms with Crippen LogP contribution in [0.3, 0.4) is 0 Å². The van der Waals surface area contributed by atoms with Gasteiger partial charge in [0, 0.05) is 17.3 Å². The fraction of sp³-hybridized carbons (Fsp3) is 0.312. The zero-order valence-corrected chi connectivity index (χ0v) is 13.3. The molecule has 2 heterocycles. The van der Waals surface area contributed by atoms with E-state index in [-0.39, 0.29) is 0 Å².